The molecule has 0 unspecified atom stereocenters. The lowest BCUT2D eigenvalue weighted by atomic mass is 9.86. The van der Waals surface area contributed by atoms with Crippen LogP contribution in [0, 0.1) is 11.3 Å². The standard InChI is InChI=1S/C14H24O3/c1-4-14(2,3)13(16)17-10-12(15)11-8-6-5-7-9-11/h11H,4-10H2,1-3H3. The van der Waals surface area contributed by atoms with E-state index < -0.39 is 5.41 Å². The molecule has 1 aliphatic rings. The van der Waals surface area contributed by atoms with Gasteiger partial charge in [0.05, 0.1) is 5.41 Å². The van der Waals surface area contributed by atoms with Crippen molar-refractivity contribution >= 4 is 11.8 Å². The average molecular weight is 240 g/mol. The summed E-state index contributed by atoms with van der Waals surface area (Å²) in [6.45, 7) is 5.61. The molecule has 0 saturated heterocycles. The zero-order valence-corrected chi connectivity index (χ0v) is 11.3. The van der Waals surface area contributed by atoms with Gasteiger partial charge in [-0.3, -0.25) is 9.59 Å². The number of carbonyl (C=O) groups excluding carboxylic acids is 2. The second-order valence-corrected chi connectivity index (χ2v) is 5.61. The van der Waals surface area contributed by atoms with E-state index in [9.17, 15) is 9.59 Å². The van der Waals surface area contributed by atoms with Crippen molar-refractivity contribution in [1.82, 2.24) is 0 Å². The number of carbonyl (C=O) groups is 2. The summed E-state index contributed by atoms with van der Waals surface area (Å²) in [6.07, 6.45) is 6.15. The monoisotopic (exact) mass is 240 g/mol. The number of hydrogen-bond donors (Lipinski definition) is 0. The molecule has 0 aromatic carbocycles. The first-order valence-corrected chi connectivity index (χ1v) is 6.67. The van der Waals surface area contributed by atoms with Crippen molar-refractivity contribution in [2.45, 2.75) is 59.3 Å². The van der Waals surface area contributed by atoms with Gasteiger partial charge in [-0.25, -0.2) is 0 Å². The zero-order valence-electron chi connectivity index (χ0n) is 11.3. The van der Waals surface area contributed by atoms with Crippen LogP contribution < -0.4 is 0 Å². The molecule has 0 atom stereocenters. The summed E-state index contributed by atoms with van der Waals surface area (Å²) in [5.74, 6) is -0.0320. The molecule has 3 heteroatoms. The number of ether oxygens (including phenoxy) is 1. The Morgan fingerprint density at radius 3 is 2.29 bits per heavy atom. The van der Waals surface area contributed by atoms with Crippen molar-refractivity contribution in [3.8, 4) is 0 Å². The van der Waals surface area contributed by atoms with Gasteiger partial charge in [-0.2, -0.15) is 0 Å². The fraction of sp³-hybridized carbons (Fsp3) is 0.857. The van der Waals surface area contributed by atoms with Gasteiger partial charge in [-0.15, -0.1) is 0 Å². The highest BCUT2D eigenvalue weighted by Crippen LogP contribution is 2.25. The van der Waals surface area contributed by atoms with E-state index in [1.54, 1.807) is 0 Å². The van der Waals surface area contributed by atoms with Crippen molar-refractivity contribution in [3.05, 3.63) is 0 Å². The normalized spacial score (nSPS) is 17.8. The molecule has 0 amide bonds. The van der Waals surface area contributed by atoms with Crippen LogP contribution in [0.5, 0.6) is 0 Å². The van der Waals surface area contributed by atoms with Gasteiger partial charge >= 0.3 is 5.97 Å². The molecule has 0 aliphatic heterocycles. The molecule has 1 aliphatic carbocycles. The minimum Gasteiger partial charge on any atom is -0.457 e. The summed E-state index contributed by atoms with van der Waals surface area (Å²) in [5.41, 5.74) is -0.479. The molecule has 0 spiro atoms. The van der Waals surface area contributed by atoms with Crippen LogP contribution in [-0.4, -0.2) is 18.4 Å². The van der Waals surface area contributed by atoms with E-state index in [0.29, 0.717) is 0 Å². The van der Waals surface area contributed by atoms with E-state index in [0.717, 1.165) is 32.1 Å². The summed E-state index contributed by atoms with van der Waals surface area (Å²) in [5, 5.41) is 0. The highest BCUT2D eigenvalue weighted by atomic mass is 16.5. The Balaban J connectivity index is 2.35. The van der Waals surface area contributed by atoms with Gasteiger partial charge in [0.1, 0.15) is 6.61 Å². The van der Waals surface area contributed by atoms with Crippen LogP contribution >= 0.6 is 0 Å². The third kappa shape index (κ3) is 4.14. The predicted molar refractivity (Wildman–Crippen MR) is 66.6 cm³/mol. The van der Waals surface area contributed by atoms with Gasteiger partial charge < -0.3 is 4.74 Å². The van der Waals surface area contributed by atoms with Crippen LogP contribution in [0.15, 0.2) is 0 Å². The molecule has 0 N–H and O–H groups in total. The third-order valence-corrected chi connectivity index (χ3v) is 3.84. The van der Waals surface area contributed by atoms with E-state index in [-0.39, 0.29) is 24.3 Å². The highest BCUT2D eigenvalue weighted by molar-refractivity contribution is 5.85. The minimum absolute atomic E-state index is 0.0348. The summed E-state index contributed by atoms with van der Waals surface area (Å²) in [7, 11) is 0. The highest BCUT2D eigenvalue weighted by Gasteiger charge is 2.29. The Labute approximate surface area is 104 Å². The van der Waals surface area contributed by atoms with E-state index in [1.165, 1.54) is 6.42 Å². The number of esters is 1. The van der Waals surface area contributed by atoms with E-state index in [4.69, 9.17) is 4.74 Å². The van der Waals surface area contributed by atoms with Crippen molar-refractivity contribution in [3.63, 3.8) is 0 Å². The van der Waals surface area contributed by atoms with Crippen molar-refractivity contribution in [2.75, 3.05) is 6.61 Å². The van der Waals surface area contributed by atoms with E-state index >= 15 is 0 Å². The first kappa shape index (κ1) is 14.2. The molecule has 0 bridgehead atoms. The van der Waals surface area contributed by atoms with Crippen LogP contribution in [0.4, 0.5) is 0 Å². The molecular formula is C14H24O3. The lowest BCUT2D eigenvalue weighted by Crippen LogP contribution is -2.30. The fourth-order valence-electron chi connectivity index (χ4n) is 2.02. The maximum absolute atomic E-state index is 11.8. The third-order valence-electron chi connectivity index (χ3n) is 3.84. The topological polar surface area (TPSA) is 43.4 Å². The maximum Gasteiger partial charge on any atom is 0.311 e. The van der Waals surface area contributed by atoms with Crippen molar-refractivity contribution in [2.24, 2.45) is 11.3 Å². The van der Waals surface area contributed by atoms with Crippen LogP contribution in [0.1, 0.15) is 59.3 Å². The Hall–Kier alpha value is -0.860. The van der Waals surface area contributed by atoms with Crippen LogP contribution in [0.2, 0.25) is 0 Å². The Morgan fingerprint density at radius 1 is 1.18 bits per heavy atom. The molecule has 0 aromatic rings. The van der Waals surface area contributed by atoms with Gasteiger partial charge in [0.25, 0.3) is 0 Å². The SMILES string of the molecule is CCC(C)(C)C(=O)OCC(=O)C1CCCCC1. The molecule has 1 rings (SSSR count). The molecule has 1 saturated carbocycles. The molecular weight excluding hydrogens is 216 g/mol. The van der Waals surface area contributed by atoms with Crippen LogP contribution in [0.25, 0.3) is 0 Å². The lowest BCUT2D eigenvalue weighted by molar-refractivity contribution is -0.157. The van der Waals surface area contributed by atoms with Gasteiger partial charge in [-0.1, -0.05) is 26.2 Å². The first-order valence-electron chi connectivity index (χ1n) is 6.67. The zero-order chi connectivity index (χ0) is 12.9. The summed E-state index contributed by atoms with van der Waals surface area (Å²) < 4.78 is 5.12. The second-order valence-electron chi connectivity index (χ2n) is 5.61. The molecule has 0 radical (unpaired) electrons. The predicted octanol–water partition coefficient (Wildman–Crippen LogP) is 3.12. The average Bonchev–Trinajstić information content (AvgIpc) is 2.36. The molecule has 98 valence electrons. The van der Waals surface area contributed by atoms with Crippen LogP contribution in [0.3, 0.4) is 0 Å². The van der Waals surface area contributed by atoms with Crippen molar-refractivity contribution in [1.29, 1.82) is 0 Å². The maximum atomic E-state index is 11.8. The van der Waals surface area contributed by atoms with Crippen LogP contribution in [-0.2, 0) is 14.3 Å². The fourth-order valence-corrected chi connectivity index (χ4v) is 2.02. The minimum atomic E-state index is -0.479. The smallest absolute Gasteiger partial charge is 0.311 e. The Bertz CT molecular complexity index is 275. The van der Waals surface area contributed by atoms with Gasteiger partial charge in [-0.05, 0) is 33.1 Å². The quantitative estimate of drug-likeness (QED) is 0.693. The van der Waals surface area contributed by atoms with Gasteiger partial charge in [0.2, 0.25) is 0 Å². The molecule has 17 heavy (non-hydrogen) atoms. The largest absolute Gasteiger partial charge is 0.457 e. The number of ketones is 1. The second kappa shape index (κ2) is 6.18. The molecule has 0 aromatic heterocycles. The Morgan fingerprint density at radius 2 is 1.76 bits per heavy atom. The first-order chi connectivity index (χ1) is 7.97. The van der Waals surface area contributed by atoms with Gasteiger partial charge in [0.15, 0.2) is 5.78 Å². The number of hydrogen-bond acceptors (Lipinski definition) is 3. The van der Waals surface area contributed by atoms with E-state index in [1.807, 2.05) is 20.8 Å². The van der Waals surface area contributed by atoms with Gasteiger partial charge in [0, 0.05) is 5.92 Å². The molecule has 3 nitrogen and oxygen atoms in total. The lowest BCUT2D eigenvalue weighted by Gasteiger charge is -2.23. The summed E-state index contributed by atoms with van der Waals surface area (Å²) in [6, 6.07) is 0. The Kier molecular flexibility index (Phi) is 5.16. The summed E-state index contributed by atoms with van der Waals surface area (Å²) in [4.78, 5) is 23.5. The van der Waals surface area contributed by atoms with E-state index in [2.05, 4.69) is 0 Å². The summed E-state index contributed by atoms with van der Waals surface area (Å²) >= 11 is 0. The molecule has 0 heterocycles. The van der Waals surface area contributed by atoms with Crippen molar-refractivity contribution < 1.29 is 14.3 Å². The molecule has 1 fully saturated rings. The number of rotatable bonds is 5. The number of Topliss-reactive ketones (excluding diaryl/α,β-unsaturated/α-hetero) is 1.